The van der Waals surface area contributed by atoms with Crippen LogP contribution < -0.4 is 0 Å². The number of ether oxygens (including phenoxy) is 5. The second-order valence-corrected chi connectivity index (χ2v) is 5.09. The second-order valence-electron chi connectivity index (χ2n) is 5.09. The van der Waals surface area contributed by atoms with Crippen LogP contribution in [-0.2, 0) is 42.9 Å². The molecule has 1 rings (SSSR count). The summed E-state index contributed by atoms with van der Waals surface area (Å²) in [7, 11) is 0. The second kappa shape index (κ2) is 8.60. The lowest BCUT2D eigenvalue weighted by molar-refractivity contribution is -0.296. The maximum Gasteiger partial charge on any atom is 0.303 e. The number of rotatable bonds is 5. The van der Waals surface area contributed by atoms with Crippen molar-refractivity contribution in [2.45, 2.75) is 58.4 Å². The highest BCUT2D eigenvalue weighted by molar-refractivity contribution is 5.68. The summed E-state index contributed by atoms with van der Waals surface area (Å²) in [6.45, 7) is 4.09. The van der Waals surface area contributed by atoms with Gasteiger partial charge in [0.2, 0.25) is 0 Å². The molecular formula is C14H20O10. The summed E-state index contributed by atoms with van der Waals surface area (Å²) in [5.74, 6) is -2.87. The molecule has 0 unspecified atom stereocenters. The zero-order valence-electron chi connectivity index (χ0n) is 13.7. The van der Waals surface area contributed by atoms with Crippen LogP contribution in [0.1, 0.15) is 27.7 Å². The lowest BCUT2D eigenvalue weighted by atomic mass is 9.98. The van der Waals surface area contributed by atoms with Gasteiger partial charge in [-0.3, -0.25) is 19.2 Å². The summed E-state index contributed by atoms with van der Waals surface area (Å²) in [5, 5.41) is 10.0. The highest BCUT2D eigenvalue weighted by atomic mass is 16.7. The Labute approximate surface area is 137 Å². The molecule has 0 bridgehead atoms. The minimum atomic E-state index is -1.68. The highest BCUT2D eigenvalue weighted by Crippen LogP contribution is 2.28. The van der Waals surface area contributed by atoms with E-state index in [0.29, 0.717) is 0 Å². The van der Waals surface area contributed by atoms with Crippen LogP contribution in [0.2, 0.25) is 0 Å². The number of hydrogen-bond donors (Lipinski definition) is 1. The molecule has 0 aliphatic carbocycles. The number of carbonyl (C=O) groups excluding carboxylic acids is 4. The van der Waals surface area contributed by atoms with Gasteiger partial charge in [0.15, 0.2) is 24.6 Å². The molecule has 1 aliphatic rings. The van der Waals surface area contributed by atoms with Crippen molar-refractivity contribution < 1.29 is 48.0 Å². The molecule has 0 aromatic heterocycles. The Hall–Kier alpha value is -2.20. The lowest BCUT2D eigenvalue weighted by Gasteiger charge is -2.42. The third-order valence-electron chi connectivity index (χ3n) is 2.97. The summed E-state index contributed by atoms with van der Waals surface area (Å²) >= 11 is 0. The molecule has 0 aromatic rings. The minimum Gasteiger partial charge on any atom is -0.463 e. The Morgan fingerprint density at radius 2 is 1.25 bits per heavy atom. The molecule has 1 saturated heterocycles. The fourth-order valence-corrected chi connectivity index (χ4v) is 2.21. The van der Waals surface area contributed by atoms with Gasteiger partial charge < -0.3 is 28.8 Å². The van der Waals surface area contributed by atoms with Crippen molar-refractivity contribution >= 4 is 23.9 Å². The molecule has 1 N–H and O–H groups in total. The maximum absolute atomic E-state index is 11.3. The standard InChI is InChI=1S/C14H20O10/c1-6(15)20-5-10-11(21-7(2)16)12(22-8(3)17)13(14(19)24-10)23-9(4)18/h10-14,19H,5H2,1-4H3/t10-,11-,12+,13+,14+/m1/s1. The first-order chi connectivity index (χ1) is 11.1. The summed E-state index contributed by atoms with van der Waals surface area (Å²) in [4.78, 5) is 44.9. The van der Waals surface area contributed by atoms with Gasteiger partial charge in [-0.25, -0.2) is 0 Å². The van der Waals surface area contributed by atoms with Crippen LogP contribution in [0, 0.1) is 0 Å². The summed E-state index contributed by atoms with van der Waals surface area (Å²) in [6, 6.07) is 0. The molecule has 0 saturated carbocycles. The van der Waals surface area contributed by atoms with Crippen LogP contribution in [0.4, 0.5) is 0 Å². The number of hydrogen-bond acceptors (Lipinski definition) is 10. The van der Waals surface area contributed by atoms with Crippen molar-refractivity contribution in [2.24, 2.45) is 0 Å². The van der Waals surface area contributed by atoms with Crippen LogP contribution in [0.15, 0.2) is 0 Å². The van der Waals surface area contributed by atoms with Gasteiger partial charge in [0.25, 0.3) is 0 Å². The lowest BCUT2D eigenvalue weighted by Crippen LogP contribution is -2.62. The van der Waals surface area contributed by atoms with Gasteiger partial charge in [0.05, 0.1) is 0 Å². The van der Waals surface area contributed by atoms with E-state index in [1.165, 1.54) is 0 Å². The molecule has 24 heavy (non-hydrogen) atoms. The van der Waals surface area contributed by atoms with E-state index in [9.17, 15) is 24.3 Å². The third-order valence-corrected chi connectivity index (χ3v) is 2.97. The first-order valence-corrected chi connectivity index (χ1v) is 7.10. The van der Waals surface area contributed by atoms with Crippen molar-refractivity contribution in [2.75, 3.05) is 6.61 Å². The van der Waals surface area contributed by atoms with Crippen LogP contribution in [0.5, 0.6) is 0 Å². The number of carbonyl (C=O) groups is 4. The SMILES string of the molecule is CC(=O)OC[C@H]1O[C@H](O)[C@@H](OC(C)=O)[C@@H](OC(C)=O)[C@@H]1OC(C)=O. The van der Waals surface area contributed by atoms with Crippen LogP contribution in [0.3, 0.4) is 0 Å². The molecule has 1 heterocycles. The molecule has 0 spiro atoms. The molecule has 0 radical (unpaired) electrons. The highest BCUT2D eigenvalue weighted by Gasteiger charge is 2.51. The van der Waals surface area contributed by atoms with E-state index in [0.717, 1.165) is 27.7 Å². The van der Waals surface area contributed by atoms with Crippen molar-refractivity contribution in [1.82, 2.24) is 0 Å². The first-order valence-electron chi connectivity index (χ1n) is 7.10. The Morgan fingerprint density at radius 3 is 1.71 bits per heavy atom. The van der Waals surface area contributed by atoms with Crippen molar-refractivity contribution in [3.05, 3.63) is 0 Å². The van der Waals surface area contributed by atoms with Crippen LogP contribution >= 0.6 is 0 Å². The van der Waals surface area contributed by atoms with E-state index in [1.54, 1.807) is 0 Å². The van der Waals surface area contributed by atoms with Gasteiger partial charge in [-0.15, -0.1) is 0 Å². The van der Waals surface area contributed by atoms with Crippen molar-refractivity contribution in [1.29, 1.82) is 0 Å². The Kier molecular flexibility index (Phi) is 7.11. The topological polar surface area (TPSA) is 135 Å². The molecule has 0 aromatic carbocycles. The summed E-state index contributed by atoms with van der Waals surface area (Å²) < 4.78 is 25.0. The maximum atomic E-state index is 11.3. The average molecular weight is 348 g/mol. The van der Waals surface area contributed by atoms with Crippen molar-refractivity contribution in [3.63, 3.8) is 0 Å². The Balaban J connectivity index is 3.11. The monoisotopic (exact) mass is 348 g/mol. The van der Waals surface area contributed by atoms with Gasteiger partial charge in [-0.2, -0.15) is 0 Å². The average Bonchev–Trinajstić information content (AvgIpc) is 2.42. The van der Waals surface area contributed by atoms with E-state index < -0.39 is 54.6 Å². The smallest absolute Gasteiger partial charge is 0.303 e. The zero-order valence-corrected chi connectivity index (χ0v) is 13.7. The predicted octanol–water partition coefficient (Wildman–Crippen LogP) is -0.938. The third kappa shape index (κ3) is 5.78. The summed E-state index contributed by atoms with van der Waals surface area (Å²) in [6.07, 6.45) is -6.79. The fraction of sp³-hybridized carbons (Fsp3) is 0.714. The van der Waals surface area contributed by atoms with Gasteiger partial charge >= 0.3 is 23.9 Å². The summed E-state index contributed by atoms with van der Waals surface area (Å²) in [5.41, 5.74) is 0. The molecule has 1 aliphatic heterocycles. The van der Waals surface area contributed by atoms with Gasteiger partial charge in [-0.1, -0.05) is 0 Å². The quantitative estimate of drug-likeness (QED) is 0.490. The van der Waals surface area contributed by atoms with Gasteiger partial charge in [-0.05, 0) is 0 Å². The van der Waals surface area contributed by atoms with Crippen LogP contribution in [0.25, 0.3) is 0 Å². The minimum absolute atomic E-state index is 0.366. The molecule has 0 amide bonds. The van der Waals surface area contributed by atoms with E-state index in [2.05, 4.69) is 0 Å². The number of esters is 4. The number of aliphatic hydroxyl groups excluding tert-OH is 1. The largest absolute Gasteiger partial charge is 0.463 e. The number of aliphatic hydroxyl groups is 1. The molecule has 10 heteroatoms. The normalized spacial score (nSPS) is 29.3. The van der Waals surface area contributed by atoms with E-state index in [4.69, 9.17) is 23.7 Å². The van der Waals surface area contributed by atoms with Gasteiger partial charge in [0, 0.05) is 27.7 Å². The fourth-order valence-electron chi connectivity index (χ4n) is 2.21. The van der Waals surface area contributed by atoms with Gasteiger partial charge in [0.1, 0.15) is 12.7 Å². The van der Waals surface area contributed by atoms with E-state index >= 15 is 0 Å². The molecule has 5 atom stereocenters. The van der Waals surface area contributed by atoms with Crippen molar-refractivity contribution in [3.8, 4) is 0 Å². The molecule has 136 valence electrons. The molecule has 1 fully saturated rings. The Morgan fingerprint density at radius 1 is 0.792 bits per heavy atom. The zero-order chi connectivity index (χ0) is 18.4. The van der Waals surface area contributed by atoms with Crippen LogP contribution in [-0.4, -0.2) is 66.3 Å². The first kappa shape index (κ1) is 19.8. The molecular weight excluding hydrogens is 328 g/mol. The van der Waals surface area contributed by atoms with E-state index in [1.807, 2.05) is 0 Å². The molecule has 10 nitrogen and oxygen atoms in total. The van der Waals surface area contributed by atoms with E-state index in [-0.39, 0.29) is 6.61 Å². The predicted molar refractivity (Wildman–Crippen MR) is 74.2 cm³/mol. The Bertz CT molecular complexity index is 502.